The van der Waals surface area contributed by atoms with Gasteiger partial charge in [0.2, 0.25) is 5.91 Å². The van der Waals surface area contributed by atoms with Crippen molar-refractivity contribution in [1.29, 1.82) is 0 Å². The summed E-state index contributed by atoms with van der Waals surface area (Å²) in [4.78, 5) is 27.4. The number of amides is 2. The normalized spacial score (nSPS) is 12.9. The van der Waals surface area contributed by atoms with Gasteiger partial charge in [-0.05, 0) is 32.0 Å². The maximum atomic E-state index is 12.7. The number of hydrogen-bond donors (Lipinski definition) is 2. The molecule has 2 rings (SSSR count). The van der Waals surface area contributed by atoms with Crippen molar-refractivity contribution in [3.8, 4) is 0 Å². The van der Waals surface area contributed by atoms with Crippen LogP contribution in [0.15, 0.2) is 48.5 Å². The summed E-state index contributed by atoms with van der Waals surface area (Å²) >= 11 is 6.21. The smallest absolute Gasteiger partial charge is 0.280 e. The lowest BCUT2D eigenvalue weighted by Gasteiger charge is -2.25. The monoisotopic (exact) mass is 388 g/mol. The van der Waals surface area contributed by atoms with Crippen LogP contribution in [0.1, 0.15) is 18.1 Å². The molecule has 2 N–H and O–H groups in total. The number of aryl methyl sites for hydroxylation is 1. The summed E-state index contributed by atoms with van der Waals surface area (Å²) in [6.07, 6.45) is 0. The fourth-order valence-electron chi connectivity index (χ4n) is 2.77. The van der Waals surface area contributed by atoms with Crippen molar-refractivity contribution in [1.82, 2.24) is 4.90 Å². The van der Waals surface area contributed by atoms with Gasteiger partial charge in [0.1, 0.15) is 6.54 Å². The van der Waals surface area contributed by atoms with Gasteiger partial charge in [0, 0.05) is 23.3 Å². The van der Waals surface area contributed by atoms with Crippen LogP contribution in [-0.2, 0) is 16.1 Å². The molecule has 0 saturated carbocycles. The van der Waals surface area contributed by atoms with Crippen LogP contribution in [0.4, 0.5) is 5.69 Å². The third kappa shape index (κ3) is 6.08. The number of halogens is 1. The molecule has 0 heterocycles. The average Bonchev–Trinajstić information content (AvgIpc) is 2.64. The number of nitrogens with one attached hydrogen (secondary N) is 2. The minimum atomic E-state index is -0.293. The molecule has 2 atom stereocenters. The lowest BCUT2D eigenvalue weighted by atomic mass is 10.2. The molecule has 2 amide bonds. The number of nitrogens with zero attached hydrogens (tertiary/aromatic N) is 1. The van der Waals surface area contributed by atoms with Gasteiger partial charge in [0.15, 0.2) is 6.04 Å². The Morgan fingerprint density at radius 2 is 1.78 bits per heavy atom. The van der Waals surface area contributed by atoms with Crippen molar-refractivity contribution in [2.24, 2.45) is 0 Å². The number of likely N-dealkylation sites (N-methyl/N-ethyl adjacent to an activating group) is 2. The van der Waals surface area contributed by atoms with E-state index in [0.717, 1.165) is 21.7 Å². The van der Waals surface area contributed by atoms with E-state index in [2.05, 4.69) is 5.32 Å². The van der Waals surface area contributed by atoms with E-state index in [1.807, 2.05) is 69.4 Å². The molecule has 0 aliphatic heterocycles. The summed E-state index contributed by atoms with van der Waals surface area (Å²) in [5.74, 6) is -0.302. The molecule has 27 heavy (non-hydrogen) atoms. The first-order valence-electron chi connectivity index (χ1n) is 8.95. The summed E-state index contributed by atoms with van der Waals surface area (Å²) in [5.41, 5.74) is 2.84. The quantitative estimate of drug-likeness (QED) is 0.763. The van der Waals surface area contributed by atoms with Crippen molar-refractivity contribution >= 4 is 29.1 Å². The number of hydrogen-bond acceptors (Lipinski definition) is 2. The Balaban J connectivity index is 1.89. The second-order valence-corrected chi connectivity index (χ2v) is 7.35. The number of carbonyl (C=O) groups is 2. The Labute approximate surface area is 165 Å². The minimum absolute atomic E-state index is 0.0103. The van der Waals surface area contributed by atoms with Gasteiger partial charge in [0.25, 0.3) is 5.91 Å². The Bertz CT molecular complexity index is 792. The maximum absolute atomic E-state index is 12.7. The molecule has 144 valence electrons. The average molecular weight is 389 g/mol. The van der Waals surface area contributed by atoms with Crippen LogP contribution in [0.3, 0.4) is 0 Å². The topological polar surface area (TPSA) is 53.9 Å². The van der Waals surface area contributed by atoms with Crippen LogP contribution in [0.5, 0.6) is 0 Å². The highest BCUT2D eigenvalue weighted by Crippen LogP contribution is 2.13. The Kier molecular flexibility index (Phi) is 7.39. The first kappa shape index (κ1) is 20.9. The molecule has 6 heteroatoms. The Morgan fingerprint density at radius 1 is 1.15 bits per heavy atom. The number of benzene rings is 2. The lowest BCUT2D eigenvalue weighted by Crippen LogP contribution is -3.12. The molecule has 2 aromatic rings. The minimum Gasteiger partial charge on any atom is -0.331 e. The highest BCUT2D eigenvalue weighted by molar-refractivity contribution is 6.31. The van der Waals surface area contributed by atoms with Gasteiger partial charge in [-0.1, -0.05) is 47.5 Å². The Hall–Kier alpha value is -2.37. The van der Waals surface area contributed by atoms with Crippen molar-refractivity contribution in [2.75, 3.05) is 26.0 Å². The van der Waals surface area contributed by atoms with E-state index in [4.69, 9.17) is 11.6 Å². The molecule has 1 unspecified atom stereocenters. The molecule has 0 fully saturated rings. The van der Waals surface area contributed by atoms with E-state index < -0.39 is 0 Å². The van der Waals surface area contributed by atoms with E-state index in [-0.39, 0.29) is 24.4 Å². The molecule has 0 radical (unpaired) electrons. The molecule has 0 aliphatic rings. The maximum Gasteiger partial charge on any atom is 0.280 e. The fourth-order valence-corrected chi connectivity index (χ4v) is 2.97. The summed E-state index contributed by atoms with van der Waals surface area (Å²) in [5, 5.41) is 3.51. The molecule has 0 aromatic heterocycles. The molecule has 0 saturated heterocycles. The lowest BCUT2D eigenvalue weighted by molar-refractivity contribution is -0.908. The number of quaternary nitrogens is 1. The van der Waals surface area contributed by atoms with E-state index >= 15 is 0 Å². The van der Waals surface area contributed by atoms with E-state index in [9.17, 15) is 9.59 Å². The molecular weight excluding hydrogens is 362 g/mol. The second-order valence-electron chi connectivity index (χ2n) is 6.94. The van der Waals surface area contributed by atoms with Crippen molar-refractivity contribution < 1.29 is 14.5 Å². The van der Waals surface area contributed by atoms with Crippen LogP contribution >= 0.6 is 11.6 Å². The molecular formula is C21H27ClN3O2+. The summed E-state index contributed by atoms with van der Waals surface area (Å²) in [7, 11) is 3.60. The van der Waals surface area contributed by atoms with Gasteiger partial charge >= 0.3 is 0 Å². The van der Waals surface area contributed by atoms with E-state index in [1.165, 1.54) is 4.90 Å². The zero-order valence-electron chi connectivity index (χ0n) is 16.3. The first-order chi connectivity index (χ1) is 12.8. The fraction of sp³-hybridized carbons (Fsp3) is 0.333. The van der Waals surface area contributed by atoms with Gasteiger partial charge in [-0.25, -0.2) is 0 Å². The Morgan fingerprint density at radius 3 is 2.41 bits per heavy atom. The number of carbonyl (C=O) groups excluding carboxylic acids is 2. The summed E-state index contributed by atoms with van der Waals surface area (Å²) in [6, 6.07) is 14.9. The van der Waals surface area contributed by atoms with Gasteiger partial charge < -0.3 is 15.1 Å². The third-order valence-corrected chi connectivity index (χ3v) is 5.00. The molecule has 2 aromatic carbocycles. The first-order valence-corrected chi connectivity index (χ1v) is 9.33. The highest BCUT2D eigenvalue weighted by atomic mass is 35.5. The standard InChI is InChI=1S/C21H26ClN3O2/c1-15-9-11-18(12-10-15)23-20(26)14-25(4)21(27)16(2)24(3)13-17-7-5-6-8-19(17)22/h5-12,16H,13-14H2,1-4H3,(H,23,26)/p+1/t16-/m1/s1. The van der Waals surface area contributed by atoms with Gasteiger partial charge in [-0.2, -0.15) is 0 Å². The summed E-state index contributed by atoms with van der Waals surface area (Å²) < 4.78 is 0. The summed E-state index contributed by atoms with van der Waals surface area (Å²) in [6.45, 7) is 4.50. The molecule has 0 spiro atoms. The molecule has 0 aliphatic carbocycles. The third-order valence-electron chi connectivity index (χ3n) is 4.63. The van der Waals surface area contributed by atoms with Crippen molar-refractivity contribution in [3.05, 3.63) is 64.7 Å². The van der Waals surface area contributed by atoms with Crippen molar-refractivity contribution in [3.63, 3.8) is 0 Å². The van der Waals surface area contributed by atoms with E-state index in [0.29, 0.717) is 11.6 Å². The van der Waals surface area contributed by atoms with Crippen LogP contribution in [0, 0.1) is 6.92 Å². The molecule has 5 nitrogen and oxygen atoms in total. The zero-order chi connectivity index (χ0) is 20.0. The van der Waals surface area contributed by atoms with Gasteiger partial charge in [0.05, 0.1) is 13.6 Å². The van der Waals surface area contributed by atoms with Crippen molar-refractivity contribution in [2.45, 2.75) is 26.4 Å². The SMILES string of the molecule is Cc1ccc(NC(=O)CN(C)C(=O)[C@@H](C)[NH+](C)Cc2ccccc2Cl)cc1. The van der Waals surface area contributed by atoms with Crippen LogP contribution in [0.2, 0.25) is 5.02 Å². The van der Waals surface area contributed by atoms with Crippen LogP contribution in [-0.4, -0.2) is 43.4 Å². The van der Waals surface area contributed by atoms with Crippen LogP contribution in [0.25, 0.3) is 0 Å². The van der Waals surface area contributed by atoms with E-state index in [1.54, 1.807) is 7.05 Å². The zero-order valence-corrected chi connectivity index (χ0v) is 17.0. The molecule has 0 bridgehead atoms. The van der Waals surface area contributed by atoms with Crippen LogP contribution < -0.4 is 10.2 Å². The van der Waals surface area contributed by atoms with Gasteiger partial charge in [-0.3, -0.25) is 9.59 Å². The predicted octanol–water partition coefficient (Wildman–Crippen LogP) is 2.15. The van der Waals surface area contributed by atoms with Gasteiger partial charge in [-0.15, -0.1) is 0 Å². The number of rotatable bonds is 7. The largest absolute Gasteiger partial charge is 0.331 e. The highest BCUT2D eigenvalue weighted by Gasteiger charge is 2.26. The second kappa shape index (κ2) is 9.53. The predicted molar refractivity (Wildman–Crippen MR) is 109 cm³/mol. The number of anilines is 1.